The van der Waals surface area contributed by atoms with Crippen LogP contribution in [0.3, 0.4) is 0 Å². The van der Waals surface area contributed by atoms with Crippen LogP contribution < -0.4 is 5.32 Å². The molecule has 1 atom stereocenters. The highest BCUT2D eigenvalue weighted by molar-refractivity contribution is 7.99. The van der Waals surface area contributed by atoms with Crippen molar-refractivity contribution in [3.63, 3.8) is 0 Å². The van der Waals surface area contributed by atoms with Crippen LogP contribution in [0.1, 0.15) is 29.4 Å². The zero-order valence-electron chi connectivity index (χ0n) is 14.1. The quantitative estimate of drug-likeness (QED) is 0.707. The van der Waals surface area contributed by atoms with Crippen molar-refractivity contribution in [2.75, 3.05) is 11.1 Å². The lowest BCUT2D eigenvalue weighted by molar-refractivity contribution is -0.113. The number of para-hydroxylation sites is 2. The van der Waals surface area contributed by atoms with Crippen LogP contribution in [-0.2, 0) is 11.2 Å². The van der Waals surface area contributed by atoms with Crippen LogP contribution in [0.5, 0.6) is 0 Å². The summed E-state index contributed by atoms with van der Waals surface area (Å²) in [5.41, 5.74) is 2.70. The first-order valence-electron chi connectivity index (χ1n) is 8.26. The Morgan fingerprint density at radius 2 is 2.15 bits per heavy atom. The number of anilines is 1. The number of Topliss-reactive ketones (excluding diaryl/α,β-unsaturated/α-hetero) is 1. The Balaban J connectivity index is 1.40. The number of amides is 1. The molecule has 0 spiro atoms. The molecule has 0 saturated heterocycles. The number of nitrogens with one attached hydrogen (secondary N) is 1. The molecule has 2 heterocycles. The third-order valence-electron chi connectivity index (χ3n) is 4.10. The highest BCUT2D eigenvalue weighted by Crippen LogP contribution is 2.25. The lowest BCUT2D eigenvalue weighted by atomic mass is 9.88. The minimum absolute atomic E-state index is 0.0585. The Hall–Kier alpha value is -2.74. The van der Waals surface area contributed by atoms with Crippen molar-refractivity contribution in [2.45, 2.75) is 25.0 Å². The number of rotatable bonds is 4. The van der Waals surface area contributed by atoms with E-state index in [4.69, 9.17) is 4.42 Å². The van der Waals surface area contributed by atoms with Gasteiger partial charge >= 0.3 is 0 Å². The Labute approximate surface area is 153 Å². The van der Waals surface area contributed by atoms with Crippen LogP contribution >= 0.6 is 11.8 Å². The molecular weight excluding hydrogens is 352 g/mol. The fourth-order valence-corrected chi connectivity index (χ4v) is 3.53. The van der Waals surface area contributed by atoms with Crippen LogP contribution in [0.15, 0.2) is 40.1 Å². The number of benzene rings is 1. The second-order valence-corrected chi connectivity index (χ2v) is 7.20. The number of carbonyl (C=O) groups is 2. The number of hydrogen-bond donors (Lipinski definition) is 1. The first kappa shape index (κ1) is 16.7. The molecule has 1 aromatic carbocycles. The van der Waals surface area contributed by atoms with Gasteiger partial charge in [0.15, 0.2) is 11.4 Å². The van der Waals surface area contributed by atoms with Gasteiger partial charge in [-0.25, -0.2) is 15.0 Å². The van der Waals surface area contributed by atoms with Gasteiger partial charge in [-0.05, 0) is 24.5 Å². The molecule has 26 heavy (non-hydrogen) atoms. The van der Waals surface area contributed by atoms with Crippen molar-refractivity contribution in [3.05, 3.63) is 41.7 Å². The van der Waals surface area contributed by atoms with E-state index in [9.17, 15) is 9.59 Å². The minimum Gasteiger partial charge on any atom is -0.431 e. The second kappa shape index (κ2) is 6.87. The number of ketones is 1. The van der Waals surface area contributed by atoms with E-state index in [1.807, 2.05) is 31.2 Å². The average Bonchev–Trinajstić information content (AvgIpc) is 3.02. The summed E-state index contributed by atoms with van der Waals surface area (Å²) >= 11 is 1.20. The minimum atomic E-state index is -0.257. The van der Waals surface area contributed by atoms with E-state index in [-0.39, 0.29) is 29.3 Å². The monoisotopic (exact) mass is 368 g/mol. The van der Waals surface area contributed by atoms with Gasteiger partial charge in [-0.3, -0.25) is 14.9 Å². The number of carbonyl (C=O) groups excluding carboxylic acids is 2. The summed E-state index contributed by atoms with van der Waals surface area (Å²) in [6, 6.07) is 7.43. The third-order valence-corrected chi connectivity index (χ3v) is 4.92. The number of oxazole rings is 1. The van der Waals surface area contributed by atoms with Crippen molar-refractivity contribution < 1.29 is 14.0 Å². The smallest absolute Gasteiger partial charge is 0.257 e. The molecule has 0 radical (unpaired) electrons. The van der Waals surface area contributed by atoms with Crippen LogP contribution in [0.4, 0.5) is 5.95 Å². The molecule has 0 fully saturated rings. The van der Waals surface area contributed by atoms with Gasteiger partial charge in [0.1, 0.15) is 5.52 Å². The van der Waals surface area contributed by atoms with Gasteiger partial charge < -0.3 is 4.42 Å². The Bertz CT molecular complexity index is 968. The molecule has 1 aliphatic rings. The third kappa shape index (κ3) is 3.45. The highest BCUT2D eigenvalue weighted by atomic mass is 32.2. The second-order valence-electron chi connectivity index (χ2n) is 6.27. The Kier molecular flexibility index (Phi) is 4.42. The van der Waals surface area contributed by atoms with E-state index in [0.29, 0.717) is 34.9 Å². The predicted octanol–water partition coefficient (Wildman–Crippen LogP) is 3.11. The predicted molar refractivity (Wildman–Crippen MR) is 97.2 cm³/mol. The van der Waals surface area contributed by atoms with E-state index in [2.05, 4.69) is 20.3 Å². The van der Waals surface area contributed by atoms with E-state index >= 15 is 0 Å². The molecule has 4 rings (SSSR count). The molecule has 8 heteroatoms. The van der Waals surface area contributed by atoms with Crippen LogP contribution in [0.2, 0.25) is 0 Å². The molecule has 1 aliphatic carbocycles. The molecule has 1 N–H and O–H groups in total. The first-order valence-corrected chi connectivity index (χ1v) is 9.24. The van der Waals surface area contributed by atoms with Crippen LogP contribution in [-0.4, -0.2) is 32.4 Å². The van der Waals surface area contributed by atoms with Gasteiger partial charge in [0.05, 0.1) is 17.0 Å². The molecule has 3 aromatic rings. The fourth-order valence-electron chi connectivity index (χ4n) is 2.90. The number of aromatic nitrogens is 3. The largest absolute Gasteiger partial charge is 0.431 e. The lowest BCUT2D eigenvalue weighted by Gasteiger charge is -2.19. The Morgan fingerprint density at radius 1 is 1.31 bits per heavy atom. The molecule has 0 saturated carbocycles. The SMILES string of the molecule is CC1CC(=O)c2cnc(NC(=O)CSc3nc4ccccc4o3)nc2C1. The normalized spacial score (nSPS) is 16.5. The summed E-state index contributed by atoms with van der Waals surface area (Å²) in [5, 5.41) is 3.10. The van der Waals surface area contributed by atoms with Crippen molar-refractivity contribution in [1.29, 1.82) is 0 Å². The van der Waals surface area contributed by atoms with Crippen LogP contribution in [0, 0.1) is 5.92 Å². The zero-order chi connectivity index (χ0) is 18.1. The molecule has 1 amide bonds. The molecule has 132 valence electrons. The van der Waals surface area contributed by atoms with Crippen molar-refractivity contribution in [3.8, 4) is 0 Å². The molecular formula is C18H16N4O3S. The Morgan fingerprint density at radius 3 is 3.00 bits per heavy atom. The van der Waals surface area contributed by atoms with Crippen LogP contribution in [0.25, 0.3) is 11.1 Å². The standard InChI is InChI=1S/C18H16N4O3S/c1-10-6-13-11(14(23)7-10)8-19-17(20-13)22-16(24)9-26-18-21-12-4-2-3-5-15(12)25-18/h2-5,8,10H,6-7,9H2,1H3,(H,19,20,22,24). The number of nitrogens with zero attached hydrogens (tertiary/aromatic N) is 3. The summed E-state index contributed by atoms with van der Waals surface area (Å²) in [7, 11) is 0. The van der Waals surface area contributed by atoms with Gasteiger partial charge in [0.2, 0.25) is 11.9 Å². The molecule has 0 bridgehead atoms. The van der Waals surface area contributed by atoms with Gasteiger partial charge in [-0.1, -0.05) is 30.8 Å². The topological polar surface area (TPSA) is 98.0 Å². The molecule has 0 aliphatic heterocycles. The zero-order valence-corrected chi connectivity index (χ0v) is 14.9. The maximum absolute atomic E-state index is 12.1. The molecule has 1 unspecified atom stereocenters. The molecule has 2 aromatic heterocycles. The van der Waals surface area contributed by atoms with Gasteiger partial charge in [-0.2, -0.15) is 0 Å². The molecule has 7 nitrogen and oxygen atoms in total. The lowest BCUT2D eigenvalue weighted by Crippen LogP contribution is -2.22. The highest BCUT2D eigenvalue weighted by Gasteiger charge is 2.24. The van der Waals surface area contributed by atoms with Gasteiger partial charge in [0, 0.05) is 12.6 Å². The van der Waals surface area contributed by atoms with Gasteiger partial charge in [-0.15, -0.1) is 0 Å². The summed E-state index contributed by atoms with van der Waals surface area (Å²) in [5.74, 6) is 0.398. The first-order chi connectivity index (χ1) is 12.6. The summed E-state index contributed by atoms with van der Waals surface area (Å²) < 4.78 is 5.57. The average molecular weight is 368 g/mol. The van der Waals surface area contributed by atoms with Crippen molar-refractivity contribution in [2.24, 2.45) is 5.92 Å². The van der Waals surface area contributed by atoms with Crippen molar-refractivity contribution in [1.82, 2.24) is 15.0 Å². The van der Waals surface area contributed by atoms with E-state index in [1.165, 1.54) is 18.0 Å². The summed E-state index contributed by atoms with van der Waals surface area (Å²) in [6.45, 7) is 2.01. The van der Waals surface area contributed by atoms with Gasteiger partial charge in [0.25, 0.3) is 5.22 Å². The maximum Gasteiger partial charge on any atom is 0.257 e. The van der Waals surface area contributed by atoms with E-state index in [0.717, 1.165) is 5.52 Å². The van der Waals surface area contributed by atoms with E-state index in [1.54, 1.807) is 0 Å². The summed E-state index contributed by atoms with van der Waals surface area (Å²) in [6.07, 6.45) is 2.73. The van der Waals surface area contributed by atoms with Crippen molar-refractivity contribution >= 4 is 40.5 Å². The van der Waals surface area contributed by atoms with E-state index < -0.39 is 0 Å². The maximum atomic E-state index is 12.1. The number of thioether (sulfide) groups is 1. The number of fused-ring (bicyclic) bond motifs is 2. The number of hydrogen-bond acceptors (Lipinski definition) is 7. The summed E-state index contributed by atoms with van der Waals surface area (Å²) in [4.78, 5) is 36.9. The fraction of sp³-hybridized carbons (Fsp3) is 0.278.